The van der Waals surface area contributed by atoms with E-state index in [1.54, 1.807) is 12.1 Å². The lowest BCUT2D eigenvalue weighted by atomic mass is 10.2. The van der Waals surface area contributed by atoms with Crippen LogP contribution in [-0.2, 0) is 14.3 Å². The molecule has 0 atom stereocenters. The van der Waals surface area contributed by atoms with Crippen LogP contribution < -0.4 is 9.64 Å². The molecule has 2 aromatic carbocycles. The number of carbonyl (C=O) groups excluding carboxylic acids is 3. The Hall–Kier alpha value is -3.15. The van der Waals surface area contributed by atoms with Crippen LogP contribution in [0.3, 0.4) is 0 Å². The number of imide groups is 1. The molecule has 0 radical (unpaired) electrons. The van der Waals surface area contributed by atoms with Crippen molar-refractivity contribution in [3.05, 3.63) is 60.2 Å². The van der Waals surface area contributed by atoms with E-state index >= 15 is 0 Å². The van der Waals surface area contributed by atoms with Gasteiger partial charge in [-0.2, -0.15) is 0 Å². The van der Waals surface area contributed by atoms with E-state index in [9.17, 15) is 14.4 Å². The van der Waals surface area contributed by atoms with E-state index in [-0.39, 0.29) is 37.9 Å². The monoisotopic (exact) mass is 339 g/mol. The van der Waals surface area contributed by atoms with Crippen LogP contribution in [0.2, 0.25) is 0 Å². The van der Waals surface area contributed by atoms with E-state index < -0.39 is 5.97 Å². The summed E-state index contributed by atoms with van der Waals surface area (Å²) in [6.07, 6.45) is 0.452. The van der Waals surface area contributed by atoms with Crippen LogP contribution in [0.5, 0.6) is 5.75 Å². The van der Waals surface area contributed by atoms with Gasteiger partial charge in [0.25, 0.3) is 0 Å². The lowest BCUT2D eigenvalue weighted by Gasteiger charge is -2.14. The fraction of sp³-hybridized carbons (Fsp3) is 0.211. The van der Waals surface area contributed by atoms with Crippen LogP contribution in [0.25, 0.3) is 0 Å². The van der Waals surface area contributed by atoms with Crippen molar-refractivity contribution >= 4 is 23.5 Å². The highest BCUT2D eigenvalue weighted by atomic mass is 16.6. The van der Waals surface area contributed by atoms with Gasteiger partial charge in [-0.05, 0) is 36.4 Å². The van der Waals surface area contributed by atoms with Crippen molar-refractivity contribution < 1.29 is 23.9 Å². The average Bonchev–Trinajstić information content (AvgIpc) is 2.98. The lowest BCUT2D eigenvalue weighted by molar-refractivity contribution is -0.121. The van der Waals surface area contributed by atoms with E-state index in [0.717, 1.165) is 4.90 Å². The second-order valence-electron chi connectivity index (χ2n) is 5.47. The Morgan fingerprint density at radius 2 is 1.52 bits per heavy atom. The van der Waals surface area contributed by atoms with Crippen LogP contribution in [0.4, 0.5) is 5.69 Å². The highest BCUT2D eigenvalue weighted by molar-refractivity contribution is 6.19. The minimum Gasteiger partial charge on any atom is -0.490 e. The molecule has 2 aromatic rings. The largest absolute Gasteiger partial charge is 0.490 e. The normalized spacial score (nSPS) is 13.8. The highest BCUT2D eigenvalue weighted by Crippen LogP contribution is 2.22. The van der Waals surface area contributed by atoms with Gasteiger partial charge in [0.2, 0.25) is 11.8 Å². The van der Waals surface area contributed by atoms with Gasteiger partial charge in [0.15, 0.2) is 0 Å². The summed E-state index contributed by atoms with van der Waals surface area (Å²) in [6.45, 7) is 0.378. The Balaban J connectivity index is 1.51. The molecule has 1 saturated heterocycles. The maximum Gasteiger partial charge on any atom is 0.338 e. The van der Waals surface area contributed by atoms with Gasteiger partial charge in [0.1, 0.15) is 19.0 Å². The Bertz CT molecular complexity index is 754. The zero-order valence-corrected chi connectivity index (χ0v) is 13.5. The molecule has 0 spiro atoms. The number of hydrogen-bond acceptors (Lipinski definition) is 5. The van der Waals surface area contributed by atoms with Crippen molar-refractivity contribution in [2.75, 3.05) is 18.1 Å². The number of ether oxygens (including phenoxy) is 2. The third-order valence-electron chi connectivity index (χ3n) is 3.74. The number of esters is 1. The third-order valence-corrected chi connectivity index (χ3v) is 3.74. The standard InChI is InChI=1S/C19H17NO5/c21-17-10-11-18(22)20(17)15-8-6-14(7-9-15)19(23)25-13-12-24-16-4-2-1-3-5-16/h1-9H,10-13H2. The molecule has 1 heterocycles. The van der Waals surface area contributed by atoms with Crippen molar-refractivity contribution in [3.8, 4) is 5.75 Å². The number of rotatable bonds is 6. The van der Waals surface area contributed by atoms with Gasteiger partial charge in [0.05, 0.1) is 11.3 Å². The van der Waals surface area contributed by atoms with Gasteiger partial charge in [-0.1, -0.05) is 18.2 Å². The summed E-state index contributed by atoms with van der Waals surface area (Å²) in [5, 5.41) is 0. The van der Waals surface area contributed by atoms with Crippen molar-refractivity contribution in [2.45, 2.75) is 12.8 Å². The summed E-state index contributed by atoms with van der Waals surface area (Å²) in [4.78, 5) is 36.5. The first-order valence-corrected chi connectivity index (χ1v) is 7.96. The van der Waals surface area contributed by atoms with Crippen LogP contribution in [0.1, 0.15) is 23.2 Å². The maximum absolute atomic E-state index is 12.0. The molecule has 25 heavy (non-hydrogen) atoms. The van der Waals surface area contributed by atoms with E-state index in [1.165, 1.54) is 12.1 Å². The highest BCUT2D eigenvalue weighted by Gasteiger charge is 2.30. The van der Waals surface area contributed by atoms with Crippen molar-refractivity contribution in [3.63, 3.8) is 0 Å². The summed E-state index contributed by atoms with van der Waals surface area (Å²) in [7, 11) is 0. The average molecular weight is 339 g/mol. The second-order valence-corrected chi connectivity index (χ2v) is 5.47. The smallest absolute Gasteiger partial charge is 0.338 e. The predicted molar refractivity (Wildman–Crippen MR) is 90.4 cm³/mol. The van der Waals surface area contributed by atoms with Gasteiger partial charge in [0, 0.05) is 12.8 Å². The molecule has 6 heteroatoms. The Morgan fingerprint density at radius 3 is 2.16 bits per heavy atom. The molecule has 1 fully saturated rings. The quantitative estimate of drug-likeness (QED) is 0.459. The summed E-state index contributed by atoms with van der Waals surface area (Å²) in [5.74, 6) is -0.220. The number of para-hydroxylation sites is 1. The van der Waals surface area contributed by atoms with E-state index in [4.69, 9.17) is 9.47 Å². The maximum atomic E-state index is 12.0. The first kappa shape index (κ1) is 16.7. The second kappa shape index (κ2) is 7.61. The van der Waals surface area contributed by atoms with Crippen molar-refractivity contribution in [1.29, 1.82) is 0 Å². The van der Waals surface area contributed by atoms with Crippen LogP contribution in [-0.4, -0.2) is 31.0 Å². The van der Waals surface area contributed by atoms with Gasteiger partial charge < -0.3 is 9.47 Å². The van der Waals surface area contributed by atoms with E-state index in [2.05, 4.69) is 0 Å². The molecular weight excluding hydrogens is 322 g/mol. The van der Waals surface area contributed by atoms with Gasteiger partial charge in [-0.25, -0.2) is 4.79 Å². The molecule has 6 nitrogen and oxygen atoms in total. The van der Waals surface area contributed by atoms with Crippen LogP contribution in [0, 0.1) is 0 Å². The molecular formula is C19H17NO5. The summed E-state index contributed by atoms with van der Waals surface area (Å²) in [6, 6.07) is 15.5. The van der Waals surface area contributed by atoms with Crippen molar-refractivity contribution in [2.24, 2.45) is 0 Å². The van der Waals surface area contributed by atoms with Crippen LogP contribution >= 0.6 is 0 Å². The van der Waals surface area contributed by atoms with E-state index in [1.807, 2.05) is 30.3 Å². The minimum absolute atomic E-state index is 0.124. The molecule has 0 unspecified atom stereocenters. The topological polar surface area (TPSA) is 72.9 Å². The van der Waals surface area contributed by atoms with Gasteiger partial charge in [-0.3, -0.25) is 14.5 Å². The number of anilines is 1. The number of nitrogens with zero attached hydrogens (tertiary/aromatic N) is 1. The molecule has 0 aliphatic carbocycles. The Morgan fingerprint density at radius 1 is 0.880 bits per heavy atom. The zero-order valence-electron chi connectivity index (χ0n) is 13.5. The fourth-order valence-corrected chi connectivity index (χ4v) is 2.51. The number of carbonyl (C=O) groups is 3. The molecule has 3 rings (SSSR count). The minimum atomic E-state index is -0.484. The summed E-state index contributed by atoms with van der Waals surface area (Å²) < 4.78 is 10.6. The molecule has 128 valence electrons. The molecule has 0 aromatic heterocycles. The van der Waals surface area contributed by atoms with E-state index in [0.29, 0.717) is 17.0 Å². The van der Waals surface area contributed by atoms with Crippen molar-refractivity contribution in [1.82, 2.24) is 0 Å². The molecule has 1 aliphatic rings. The molecule has 0 saturated carbocycles. The zero-order chi connectivity index (χ0) is 17.6. The Labute approximate surface area is 145 Å². The lowest BCUT2D eigenvalue weighted by Crippen LogP contribution is -2.28. The number of benzene rings is 2. The fourth-order valence-electron chi connectivity index (χ4n) is 2.51. The first-order chi connectivity index (χ1) is 12.1. The predicted octanol–water partition coefficient (Wildman–Crippen LogP) is 2.58. The molecule has 0 bridgehead atoms. The van der Waals surface area contributed by atoms with Gasteiger partial charge >= 0.3 is 5.97 Å². The summed E-state index contributed by atoms with van der Waals surface area (Å²) >= 11 is 0. The first-order valence-electron chi connectivity index (χ1n) is 7.96. The third kappa shape index (κ3) is 4.03. The Kier molecular flexibility index (Phi) is 5.09. The van der Waals surface area contributed by atoms with Gasteiger partial charge in [-0.15, -0.1) is 0 Å². The molecule has 1 aliphatic heterocycles. The molecule has 2 amide bonds. The summed E-state index contributed by atoms with van der Waals surface area (Å²) in [5.41, 5.74) is 0.819. The molecule has 0 N–H and O–H groups in total. The SMILES string of the molecule is O=C(OCCOc1ccccc1)c1ccc(N2C(=O)CCC2=O)cc1. The van der Waals surface area contributed by atoms with Crippen LogP contribution in [0.15, 0.2) is 54.6 Å². The number of amides is 2. The number of hydrogen-bond donors (Lipinski definition) is 0.